The van der Waals surface area contributed by atoms with Gasteiger partial charge in [-0.25, -0.2) is 4.79 Å². The largest absolute Gasteiger partial charge is 0.450 e. The molecule has 2 aliphatic rings. The average molecular weight is 498 g/mol. The summed E-state index contributed by atoms with van der Waals surface area (Å²) in [5.41, 5.74) is 0. The van der Waals surface area contributed by atoms with Crippen molar-refractivity contribution in [1.82, 2.24) is 15.1 Å². The molecule has 0 aromatic heterocycles. The van der Waals surface area contributed by atoms with E-state index in [4.69, 9.17) is 19.2 Å². The average Bonchev–Trinajstić information content (AvgIpc) is 2.68. The number of aliphatic imine (C=N–C) groups is 1. The van der Waals surface area contributed by atoms with E-state index in [1.807, 2.05) is 6.92 Å². The maximum absolute atomic E-state index is 11.8. The zero-order valence-corrected chi connectivity index (χ0v) is 19.0. The van der Waals surface area contributed by atoms with Crippen LogP contribution in [-0.2, 0) is 14.2 Å². The second-order valence-electron chi connectivity index (χ2n) is 6.44. The van der Waals surface area contributed by atoms with Crippen molar-refractivity contribution in [2.75, 3.05) is 65.7 Å². The molecule has 2 heterocycles. The van der Waals surface area contributed by atoms with Crippen LogP contribution in [0.5, 0.6) is 0 Å². The van der Waals surface area contributed by atoms with Gasteiger partial charge >= 0.3 is 6.09 Å². The van der Waals surface area contributed by atoms with E-state index in [9.17, 15) is 4.79 Å². The van der Waals surface area contributed by atoms with Gasteiger partial charge in [0.25, 0.3) is 0 Å². The number of hydrogen-bond donors (Lipinski definition) is 1. The zero-order valence-electron chi connectivity index (χ0n) is 16.7. The van der Waals surface area contributed by atoms with Gasteiger partial charge in [-0.05, 0) is 33.1 Å². The molecule has 0 aromatic carbocycles. The number of hydrogen-bond acceptors (Lipinski definition) is 5. The Morgan fingerprint density at radius 1 is 1.15 bits per heavy atom. The number of carbonyl (C=O) groups excluding carboxylic acids is 1. The van der Waals surface area contributed by atoms with E-state index < -0.39 is 0 Å². The molecule has 1 N–H and O–H groups in total. The Bertz CT molecular complexity index is 439. The first-order valence-corrected chi connectivity index (χ1v) is 9.88. The summed E-state index contributed by atoms with van der Waals surface area (Å²) in [5.74, 6) is 0.919. The third kappa shape index (κ3) is 8.82. The Labute approximate surface area is 180 Å². The molecule has 0 unspecified atom stereocenters. The van der Waals surface area contributed by atoms with Crippen LogP contribution in [0.25, 0.3) is 0 Å². The number of nitrogens with one attached hydrogen (secondary N) is 1. The molecule has 9 heteroatoms. The molecule has 2 aliphatic heterocycles. The van der Waals surface area contributed by atoms with Gasteiger partial charge in [-0.15, -0.1) is 24.0 Å². The van der Waals surface area contributed by atoms with Crippen LogP contribution in [0.2, 0.25) is 0 Å². The van der Waals surface area contributed by atoms with Crippen LogP contribution in [0.4, 0.5) is 4.79 Å². The summed E-state index contributed by atoms with van der Waals surface area (Å²) in [4.78, 5) is 20.5. The number of halogens is 1. The van der Waals surface area contributed by atoms with E-state index in [2.05, 4.69) is 17.1 Å². The summed E-state index contributed by atoms with van der Waals surface area (Å²) in [6.07, 6.45) is 3.03. The van der Waals surface area contributed by atoms with Crippen molar-refractivity contribution in [3.05, 3.63) is 0 Å². The van der Waals surface area contributed by atoms with E-state index in [0.717, 1.165) is 71.2 Å². The lowest BCUT2D eigenvalue weighted by Crippen LogP contribution is -2.53. The molecule has 0 spiro atoms. The van der Waals surface area contributed by atoms with Gasteiger partial charge in [-0.1, -0.05) is 0 Å². The van der Waals surface area contributed by atoms with Crippen molar-refractivity contribution in [1.29, 1.82) is 0 Å². The summed E-state index contributed by atoms with van der Waals surface area (Å²) in [7, 11) is 0. The molecule has 2 rings (SSSR count). The van der Waals surface area contributed by atoms with Gasteiger partial charge < -0.3 is 29.3 Å². The normalized spacial score (nSPS) is 18.8. The highest BCUT2D eigenvalue weighted by Gasteiger charge is 2.23. The summed E-state index contributed by atoms with van der Waals surface area (Å²) < 4.78 is 16.3. The van der Waals surface area contributed by atoms with Gasteiger partial charge in [0.15, 0.2) is 5.96 Å². The van der Waals surface area contributed by atoms with Crippen molar-refractivity contribution in [2.45, 2.75) is 39.2 Å². The van der Waals surface area contributed by atoms with Crippen molar-refractivity contribution < 1.29 is 19.0 Å². The molecule has 0 aromatic rings. The number of carbonyl (C=O) groups is 1. The molecule has 0 bridgehead atoms. The van der Waals surface area contributed by atoms with Gasteiger partial charge in [-0.3, -0.25) is 4.99 Å². The van der Waals surface area contributed by atoms with Crippen LogP contribution in [-0.4, -0.2) is 93.7 Å². The first-order valence-electron chi connectivity index (χ1n) is 9.88. The summed E-state index contributed by atoms with van der Waals surface area (Å²) >= 11 is 0. The number of nitrogens with zero attached hydrogens (tertiary/aromatic N) is 3. The Hall–Kier alpha value is -0.810. The van der Waals surface area contributed by atoms with E-state index in [-0.39, 0.29) is 30.1 Å². The monoisotopic (exact) mass is 498 g/mol. The fourth-order valence-corrected chi connectivity index (χ4v) is 3.08. The summed E-state index contributed by atoms with van der Waals surface area (Å²) in [6, 6.07) is 0. The highest BCUT2D eigenvalue weighted by Crippen LogP contribution is 2.10. The van der Waals surface area contributed by atoms with Crippen LogP contribution in [0.15, 0.2) is 4.99 Å². The Morgan fingerprint density at radius 2 is 1.81 bits per heavy atom. The lowest BCUT2D eigenvalue weighted by molar-refractivity contribution is -0.0318. The van der Waals surface area contributed by atoms with Gasteiger partial charge in [0, 0.05) is 59.1 Å². The molecule has 2 fully saturated rings. The van der Waals surface area contributed by atoms with Crippen molar-refractivity contribution in [2.24, 2.45) is 4.99 Å². The number of guanidine groups is 1. The molecule has 27 heavy (non-hydrogen) atoms. The smallest absolute Gasteiger partial charge is 0.409 e. The van der Waals surface area contributed by atoms with Crippen LogP contribution >= 0.6 is 24.0 Å². The molecule has 158 valence electrons. The molecule has 0 saturated carbocycles. The van der Waals surface area contributed by atoms with Gasteiger partial charge in [-0.2, -0.15) is 0 Å². The molecule has 0 radical (unpaired) electrons. The topological polar surface area (TPSA) is 75.6 Å². The van der Waals surface area contributed by atoms with E-state index in [1.165, 1.54) is 0 Å². The first kappa shape index (κ1) is 24.2. The first-order chi connectivity index (χ1) is 12.7. The summed E-state index contributed by atoms with van der Waals surface area (Å²) in [5, 5.41) is 3.35. The van der Waals surface area contributed by atoms with Crippen LogP contribution in [0, 0.1) is 0 Å². The van der Waals surface area contributed by atoms with Crippen molar-refractivity contribution in [3.63, 3.8) is 0 Å². The molecular formula is C18H35IN4O4. The molecule has 0 atom stereocenters. The van der Waals surface area contributed by atoms with Gasteiger partial charge in [0.05, 0.1) is 12.7 Å². The number of piperazine rings is 1. The van der Waals surface area contributed by atoms with E-state index in [1.54, 1.807) is 4.90 Å². The molecule has 0 aliphatic carbocycles. The maximum atomic E-state index is 11.8. The molecule has 2 saturated heterocycles. The highest BCUT2D eigenvalue weighted by molar-refractivity contribution is 14.0. The predicted molar refractivity (Wildman–Crippen MR) is 116 cm³/mol. The van der Waals surface area contributed by atoms with Crippen LogP contribution in [0.1, 0.15) is 33.1 Å². The Balaban J connectivity index is 0.00000364. The maximum Gasteiger partial charge on any atom is 0.409 e. The van der Waals surface area contributed by atoms with Crippen LogP contribution in [0.3, 0.4) is 0 Å². The highest BCUT2D eigenvalue weighted by atomic mass is 127. The van der Waals surface area contributed by atoms with Crippen molar-refractivity contribution in [3.8, 4) is 0 Å². The van der Waals surface area contributed by atoms with Gasteiger partial charge in [0.1, 0.15) is 0 Å². The minimum absolute atomic E-state index is 0. The fourth-order valence-electron chi connectivity index (χ4n) is 3.08. The third-order valence-corrected chi connectivity index (χ3v) is 4.53. The van der Waals surface area contributed by atoms with Crippen molar-refractivity contribution >= 4 is 36.0 Å². The SMILES string of the molecule is CCNC(=NCCCOC1CCOCC1)N1CCN(C(=O)OCC)CC1.I. The Morgan fingerprint density at radius 3 is 2.44 bits per heavy atom. The van der Waals surface area contributed by atoms with Gasteiger partial charge in [0.2, 0.25) is 0 Å². The standard InChI is InChI=1S/C18H34N4O4.HI/c1-3-19-17(20-8-5-13-26-16-6-14-24-15-7-16)21-9-11-22(12-10-21)18(23)25-4-2;/h16H,3-15H2,1-2H3,(H,19,20);1H. The van der Waals surface area contributed by atoms with E-state index in [0.29, 0.717) is 25.8 Å². The molecular weight excluding hydrogens is 463 g/mol. The number of rotatable bonds is 7. The lowest BCUT2D eigenvalue weighted by atomic mass is 10.1. The van der Waals surface area contributed by atoms with E-state index >= 15 is 0 Å². The molecule has 8 nitrogen and oxygen atoms in total. The Kier molecular flexibility index (Phi) is 12.8. The second-order valence-corrected chi connectivity index (χ2v) is 6.44. The predicted octanol–water partition coefficient (Wildman–Crippen LogP) is 1.93. The second kappa shape index (κ2) is 14.2. The number of amides is 1. The molecule has 1 amide bonds. The summed E-state index contributed by atoms with van der Waals surface area (Å²) in [6.45, 7) is 11.1. The lowest BCUT2D eigenvalue weighted by Gasteiger charge is -2.35. The minimum atomic E-state index is -0.223. The number of ether oxygens (including phenoxy) is 3. The fraction of sp³-hybridized carbons (Fsp3) is 0.889. The van der Waals surface area contributed by atoms with Crippen LogP contribution < -0.4 is 5.32 Å². The third-order valence-electron chi connectivity index (χ3n) is 4.53. The zero-order chi connectivity index (χ0) is 18.6. The quantitative estimate of drug-likeness (QED) is 0.250. The minimum Gasteiger partial charge on any atom is -0.450 e.